The number of rotatable bonds is 6. The maximum absolute atomic E-state index is 12.2. The number of piperazine rings is 1. The van der Waals surface area contributed by atoms with Crippen LogP contribution in [0.25, 0.3) is 0 Å². The lowest BCUT2D eigenvalue weighted by molar-refractivity contribution is -0.116. The highest BCUT2D eigenvalue weighted by atomic mass is 35.5. The highest BCUT2D eigenvalue weighted by Crippen LogP contribution is 2.22. The molecule has 0 unspecified atom stereocenters. The molecule has 156 valence electrons. The first kappa shape index (κ1) is 21.1. The molecule has 1 saturated heterocycles. The lowest BCUT2D eigenvalue weighted by Gasteiger charge is -2.36. The molecule has 9 heteroatoms. The highest BCUT2D eigenvalue weighted by molar-refractivity contribution is 6.31. The zero-order valence-corrected chi connectivity index (χ0v) is 17.6. The number of hydrogen-bond donors (Lipinski definition) is 2. The Morgan fingerprint density at radius 1 is 1.28 bits per heavy atom. The third kappa shape index (κ3) is 5.95. The summed E-state index contributed by atoms with van der Waals surface area (Å²) in [5, 5.41) is 10.8. The Morgan fingerprint density at radius 2 is 2.07 bits per heavy atom. The summed E-state index contributed by atoms with van der Waals surface area (Å²) < 4.78 is 4.89. The number of halogens is 1. The average Bonchev–Trinajstić information content (AvgIpc) is 3.23. The SMILES string of the molecule is CN=C(NCCC(=O)Nc1cccc(Cl)c1C)N1CCN(Cc2ccon2)CC1. The van der Waals surface area contributed by atoms with E-state index in [4.69, 9.17) is 16.1 Å². The van der Waals surface area contributed by atoms with Crippen molar-refractivity contribution in [3.05, 3.63) is 46.8 Å². The van der Waals surface area contributed by atoms with E-state index in [1.165, 1.54) is 0 Å². The number of nitrogens with zero attached hydrogens (tertiary/aromatic N) is 4. The quantitative estimate of drug-likeness (QED) is 0.553. The maximum Gasteiger partial charge on any atom is 0.226 e. The zero-order chi connectivity index (χ0) is 20.6. The molecular weight excluding hydrogens is 392 g/mol. The van der Waals surface area contributed by atoms with Crippen LogP contribution in [0.1, 0.15) is 17.7 Å². The number of anilines is 1. The molecule has 1 aromatic heterocycles. The van der Waals surface area contributed by atoms with Gasteiger partial charge in [0.1, 0.15) is 6.26 Å². The van der Waals surface area contributed by atoms with Gasteiger partial charge < -0.3 is 20.1 Å². The number of aromatic nitrogens is 1. The van der Waals surface area contributed by atoms with Gasteiger partial charge in [0.15, 0.2) is 5.96 Å². The lowest BCUT2D eigenvalue weighted by Crippen LogP contribution is -2.52. The molecule has 2 heterocycles. The summed E-state index contributed by atoms with van der Waals surface area (Å²) in [6.07, 6.45) is 1.94. The Balaban J connectivity index is 1.40. The minimum Gasteiger partial charge on any atom is -0.364 e. The molecular formula is C20H27ClN6O2. The van der Waals surface area contributed by atoms with Gasteiger partial charge in [-0.05, 0) is 24.6 Å². The van der Waals surface area contributed by atoms with E-state index in [2.05, 4.69) is 30.6 Å². The van der Waals surface area contributed by atoms with E-state index in [1.807, 2.05) is 31.2 Å². The van der Waals surface area contributed by atoms with Crippen molar-refractivity contribution in [2.24, 2.45) is 4.99 Å². The third-order valence-corrected chi connectivity index (χ3v) is 5.35. The second-order valence-corrected chi connectivity index (χ2v) is 7.35. The predicted molar refractivity (Wildman–Crippen MR) is 114 cm³/mol. The Bertz CT molecular complexity index is 832. The summed E-state index contributed by atoms with van der Waals surface area (Å²) in [6.45, 7) is 6.76. The van der Waals surface area contributed by atoms with Crippen LogP contribution in [0.3, 0.4) is 0 Å². The van der Waals surface area contributed by atoms with Gasteiger partial charge in [-0.1, -0.05) is 22.8 Å². The normalized spacial score (nSPS) is 15.4. The topological polar surface area (TPSA) is 86.0 Å². The van der Waals surface area contributed by atoms with E-state index in [1.54, 1.807) is 13.3 Å². The van der Waals surface area contributed by atoms with Crippen LogP contribution in [0, 0.1) is 6.92 Å². The first-order valence-corrected chi connectivity index (χ1v) is 10.1. The number of aliphatic imine (C=N–C) groups is 1. The average molecular weight is 419 g/mol. The molecule has 0 spiro atoms. The molecule has 1 aromatic carbocycles. The van der Waals surface area contributed by atoms with E-state index >= 15 is 0 Å². The van der Waals surface area contributed by atoms with Crippen molar-refractivity contribution in [2.75, 3.05) is 45.1 Å². The monoisotopic (exact) mass is 418 g/mol. The Kier molecular flexibility index (Phi) is 7.48. The lowest BCUT2D eigenvalue weighted by atomic mass is 10.2. The first-order chi connectivity index (χ1) is 14.1. The Labute approximate surface area is 175 Å². The van der Waals surface area contributed by atoms with Gasteiger partial charge >= 0.3 is 0 Å². The molecule has 0 radical (unpaired) electrons. The van der Waals surface area contributed by atoms with Crippen molar-refractivity contribution in [3.63, 3.8) is 0 Å². The molecule has 0 saturated carbocycles. The van der Waals surface area contributed by atoms with Crippen LogP contribution in [0.4, 0.5) is 5.69 Å². The maximum atomic E-state index is 12.2. The number of hydrogen-bond acceptors (Lipinski definition) is 5. The van der Waals surface area contributed by atoms with Crippen molar-refractivity contribution >= 4 is 29.2 Å². The molecule has 29 heavy (non-hydrogen) atoms. The molecule has 1 amide bonds. The minimum atomic E-state index is -0.0595. The molecule has 1 aliphatic heterocycles. The third-order valence-electron chi connectivity index (χ3n) is 4.94. The largest absolute Gasteiger partial charge is 0.364 e. The summed E-state index contributed by atoms with van der Waals surface area (Å²) >= 11 is 6.10. The van der Waals surface area contributed by atoms with Gasteiger partial charge in [0, 0.05) is 69.5 Å². The zero-order valence-electron chi connectivity index (χ0n) is 16.8. The van der Waals surface area contributed by atoms with Gasteiger partial charge in [-0.15, -0.1) is 0 Å². The molecule has 8 nitrogen and oxygen atoms in total. The van der Waals surface area contributed by atoms with Crippen molar-refractivity contribution in [1.82, 2.24) is 20.3 Å². The van der Waals surface area contributed by atoms with Gasteiger partial charge in [0.05, 0.1) is 5.69 Å². The molecule has 3 rings (SSSR count). The van der Waals surface area contributed by atoms with E-state index < -0.39 is 0 Å². The van der Waals surface area contributed by atoms with Gasteiger partial charge in [-0.2, -0.15) is 0 Å². The number of carbonyl (C=O) groups is 1. The van der Waals surface area contributed by atoms with Crippen LogP contribution < -0.4 is 10.6 Å². The van der Waals surface area contributed by atoms with Gasteiger partial charge in [0.25, 0.3) is 0 Å². The van der Waals surface area contributed by atoms with Crippen molar-refractivity contribution < 1.29 is 9.32 Å². The van der Waals surface area contributed by atoms with Crippen LogP contribution in [0.15, 0.2) is 40.0 Å². The summed E-state index contributed by atoms with van der Waals surface area (Å²) in [6, 6.07) is 7.38. The van der Waals surface area contributed by atoms with Gasteiger partial charge in [-0.3, -0.25) is 14.7 Å². The summed E-state index contributed by atoms with van der Waals surface area (Å²) in [5.74, 6) is 0.758. The number of guanidine groups is 1. The van der Waals surface area contributed by atoms with E-state index in [9.17, 15) is 4.79 Å². The molecule has 0 aliphatic carbocycles. The second kappa shape index (κ2) is 10.3. The number of nitrogens with one attached hydrogen (secondary N) is 2. The summed E-state index contributed by atoms with van der Waals surface area (Å²) in [5.41, 5.74) is 2.56. The van der Waals surface area contributed by atoms with Gasteiger partial charge in [-0.25, -0.2) is 0 Å². The fourth-order valence-electron chi connectivity index (χ4n) is 3.24. The molecule has 2 N–H and O–H groups in total. The fraction of sp³-hybridized carbons (Fsp3) is 0.450. The number of carbonyl (C=O) groups excluding carboxylic acids is 1. The van der Waals surface area contributed by atoms with Crippen molar-refractivity contribution in [2.45, 2.75) is 19.9 Å². The Morgan fingerprint density at radius 3 is 2.76 bits per heavy atom. The van der Waals surface area contributed by atoms with Crippen LogP contribution in [0.2, 0.25) is 5.02 Å². The predicted octanol–water partition coefficient (Wildman–Crippen LogP) is 2.36. The fourth-order valence-corrected chi connectivity index (χ4v) is 3.42. The van der Waals surface area contributed by atoms with Crippen LogP contribution in [-0.2, 0) is 11.3 Å². The van der Waals surface area contributed by atoms with Crippen LogP contribution in [-0.4, -0.2) is 66.6 Å². The van der Waals surface area contributed by atoms with Crippen molar-refractivity contribution in [1.29, 1.82) is 0 Å². The Hall–Kier alpha value is -2.58. The van der Waals surface area contributed by atoms with E-state index in [0.29, 0.717) is 18.0 Å². The van der Waals surface area contributed by atoms with E-state index in [0.717, 1.165) is 55.6 Å². The molecule has 0 atom stereocenters. The standard InChI is InChI=1S/C20H27ClN6O2/c1-15-17(21)4-3-5-18(15)24-19(28)6-8-23-20(22-2)27-11-9-26(10-12-27)14-16-7-13-29-25-16/h3-5,7,13H,6,8-12,14H2,1-2H3,(H,22,23)(H,24,28). The first-order valence-electron chi connectivity index (χ1n) is 9.69. The van der Waals surface area contributed by atoms with Gasteiger partial charge in [0.2, 0.25) is 5.91 Å². The molecule has 2 aromatic rings. The molecule has 0 bridgehead atoms. The number of benzene rings is 1. The van der Waals surface area contributed by atoms with Crippen LogP contribution >= 0.6 is 11.6 Å². The van der Waals surface area contributed by atoms with Crippen molar-refractivity contribution in [3.8, 4) is 0 Å². The van der Waals surface area contributed by atoms with E-state index in [-0.39, 0.29) is 5.91 Å². The summed E-state index contributed by atoms with van der Waals surface area (Å²) in [7, 11) is 1.76. The minimum absolute atomic E-state index is 0.0595. The molecule has 1 aliphatic rings. The smallest absolute Gasteiger partial charge is 0.226 e. The summed E-state index contributed by atoms with van der Waals surface area (Å²) in [4.78, 5) is 21.1. The highest BCUT2D eigenvalue weighted by Gasteiger charge is 2.20. The second-order valence-electron chi connectivity index (χ2n) is 6.94. The molecule has 1 fully saturated rings. The van der Waals surface area contributed by atoms with Crippen LogP contribution in [0.5, 0.6) is 0 Å². The number of amides is 1.